The summed E-state index contributed by atoms with van der Waals surface area (Å²) in [6.45, 7) is 1.87. The molecule has 0 spiro atoms. The Morgan fingerprint density at radius 3 is 2.64 bits per heavy atom. The van der Waals surface area contributed by atoms with E-state index in [0.29, 0.717) is 18.1 Å². The SMILES string of the molecule is CN=C(NCCCN1CCCC1)NCc1ccccc1OC(F)F.I. The minimum atomic E-state index is -2.82. The van der Waals surface area contributed by atoms with Crippen molar-refractivity contribution in [3.8, 4) is 5.75 Å². The molecule has 1 saturated heterocycles. The number of benzene rings is 1. The normalized spacial score (nSPS) is 15.1. The number of ether oxygens (including phenoxy) is 1. The van der Waals surface area contributed by atoms with Crippen LogP contribution in [0.2, 0.25) is 0 Å². The summed E-state index contributed by atoms with van der Waals surface area (Å²) in [6, 6.07) is 6.76. The predicted octanol–water partition coefficient (Wildman–Crippen LogP) is 3.06. The molecule has 0 aliphatic carbocycles. The molecule has 0 amide bonds. The Labute approximate surface area is 165 Å². The maximum absolute atomic E-state index is 12.4. The number of nitrogens with one attached hydrogen (secondary N) is 2. The van der Waals surface area contributed by atoms with Crippen LogP contribution < -0.4 is 15.4 Å². The van der Waals surface area contributed by atoms with E-state index < -0.39 is 6.61 Å². The summed E-state index contributed by atoms with van der Waals surface area (Å²) in [6.07, 6.45) is 3.65. The topological polar surface area (TPSA) is 48.9 Å². The predicted molar refractivity (Wildman–Crippen MR) is 107 cm³/mol. The van der Waals surface area contributed by atoms with Crippen LogP contribution in [0, 0.1) is 0 Å². The first-order chi connectivity index (χ1) is 11.7. The van der Waals surface area contributed by atoms with Crippen LogP contribution in [0.25, 0.3) is 0 Å². The summed E-state index contributed by atoms with van der Waals surface area (Å²) in [5, 5.41) is 6.38. The summed E-state index contributed by atoms with van der Waals surface area (Å²) < 4.78 is 29.4. The lowest BCUT2D eigenvalue weighted by Crippen LogP contribution is -2.38. The fourth-order valence-corrected chi connectivity index (χ4v) is 2.78. The van der Waals surface area contributed by atoms with Gasteiger partial charge in [0.1, 0.15) is 5.75 Å². The van der Waals surface area contributed by atoms with Gasteiger partial charge in [0.05, 0.1) is 0 Å². The highest BCUT2D eigenvalue weighted by molar-refractivity contribution is 14.0. The third-order valence-corrected chi connectivity index (χ3v) is 4.00. The standard InChI is InChI=1S/C17H26F2N4O.HI/c1-20-17(21-9-6-12-23-10-4-5-11-23)22-13-14-7-2-3-8-15(14)24-16(18)19;/h2-3,7-8,16H,4-6,9-13H2,1H3,(H2,20,21,22);1H. The number of alkyl halides is 2. The average Bonchev–Trinajstić information content (AvgIpc) is 3.08. The summed E-state index contributed by atoms with van der Waals surface area (Å²) >= 11 is 0. The molecule has 1 aromatic rings. The molecule has 0 radical (unpaired) electrons. The van der Waals surface area contributed by atoms with Gasteiger partial charge in [-0.05, 0) is 45.0 Å². The van der Waals surface area contributed by atoms with Crippen molar-refractivity contribution in [2.24, 2.45) is 4.99 Å². The lowest BCUT2D eigenvalue weighted by Gasteiger charge is -2.16. The molecular weight excluding hydrogens is 441 g/mol. The van der Waals surface area contributed by atoms with E-state index in [0.717, 1.165) is 19.5 Å². The molecule has 0 atom stereocenters. The van der Waals surface area contributed by atoms with Crippen LogP contribution in [-0.2, 0) is 6.54 Å². The van der Waals surface area contributed by atoms with Crippen LogP contribution in [0.4, 0.5) is 8.78 Å². The molecule has 25 heavy (non-hydrogen) atoms. The molecule has 1 heterocycles. The second-order valence-electron chi connectivity index (χ2n) is 5.74. The van der Waals surface area contributed by atoms with Gasteiger partial charge in [-0.2, -0.15) is 8.78 Å². The van der Waals surface area contributed by atoms with Gasteiger partial charge < -0.3 is 20.3 Å². The van der Waals surface area contributed by atoms with Gasteiger partial charge in [-0.25, -0.2) is 0 Å². The largest absolute Gasteiger partial charge is 0.434 e. The first-order valence-electron chi connectivity index (χ1n) is 8.38. The third kappa shape index (κ3) is 8.17. The zero-order valence-corrected chi connectivity index (χ0v) is 16.8. The maximum atomic E-state index is 12.4. The van der Waals surface area contributed by atoms with E-state index in [9.17, 15) is 8.78 Å². The van der Waals surface area contributed by atoms with Crippen molar-refractivity contribution in [3.05, 3.63) is 29.8 Å². The van der Waals surface area contributed by atoms with Gasteiger partial charge in [-0.15, -0.1) is 24.0 Å². The van der Waals surface area contributed by atoms with E-state index in [1.807, 2.05) is 0 Å². The van der Waals surface area contributed by atoms with Crippen LogP contribution >= 0.6 is 24.0 Å². The Morgan fingerprint density at radius 1 is 1.24 bits per heavy atom. The Balaban J connectivity index is 0.00000312. The summed E-state index contributed by atoms with van der Waals surface area (Å²) in [7, 11) is 1.69. The first kappa shape index (κ1) is 21.9. The van der Waals surface area contributed by atoms with Crippen LogP contribution in [0.5, 0.6) is 5.75 Å². The van der Waals surface area contributed by atoms with Gasteiger partial charge >= 0.3 is 6.61 Å². The number of nitrogens with zero attached hydrogens (tertiary/aromatic N) is 2. The fraction of sp³-hybridized carbons (Fsp3) is 0.588. The van der Waals surface area contributed by atoms with Crippen LogP contribution in [0.3, 0.4) is 0 Å². The van der Waals surface area contributed by atoms with Gasteiger partial charge in [0, 0.05) is 25.7 Å². The molecule has 1 fully saturated rings. The van der Waals surface area contributed by atoms with Crippen molar-refractivity contribution in [1.82, 2.24) is 15.5 Å². The lowest BCUT2D eigenvalue weighted by atomic mass is 10.2. The molecule has 0 saturated carbocycles. The summed E-state index contributed by atoms with van der Waals surface area (Å²) in [5.41, 5.74) is 0.665. The number of halogens is 3. The smallest absolute Gasteiger partial charge is 0.387 e. The van der Waals surface area contributed by atoms with E-state index >= 15 is 0 Å². The van der Waals surface area contributed by atoms with Crippen LogP contribution in [-0.4, -0.2) is 50.7 Å². The summed E-state index contributed by atoms with van der Waals surface area (Å²) in [5.74, 6) is 0.841. The third-order valence-electron chi connectivity index (χ3n) is 4.00. The number of aliphatic imine (C=N–C) groups is 1. The number of hydrogen-bond donors (Lipinski definition) is 2. The first-order valence-corrected chi connectivity index (χ1v) is 8.38. The Kier molecular flexibility index (Phi) is 10.7. The van der Waals surface area contributed by atoms with E-state index in [4.69, 9.17) is 0 Å². The van der Waals surface area contributed by atoms with Gasteiger partial charge in [0.2, 0.25) is 0 Å². The Bertz CT molecular complexity index is 525. The van der Waals surface area contributed by atoms with Gasteiger partial charge in [0.25, 0.3) is 0 Å². The van der Waals surface area contributed by atoms with Gasteiger partial charge in [0.15, 0.2) is 5.96 Å². The van der Waals surface area contributed by atoms with Gasteiger partial charge in [-0.1, -0.05) is 18.2 Å². The summed E-state index contributed by atoms with van der Waals surface area (Å²) in [4.78, 5) is 6.62. The van der Waals surface area contributed by atoms with Crippen molar-refractivity contribution in [1.29, 1.82) is 0 Å². The van der Waals surface area contributed by atoms with Gasteiger partial charge in [-0.3, -0.25) is 4.99 Å². The average molecular weight is 468 g/mol. The highest BCUT2D eigenvalue weighted by Gasteiger charge is 2.11. The second kappa shape index (κ2) is 12.2. The fourth-order valence-electron chi connectivity index (χ4n) is 2.78. The van der Waals surface area contributed by atoms with Crippen molar-refractivity contribution < 1.29 is 13.5 Å². The molecule has 2 N–H and O–H groups in total. The second-order valence-corrected chi connectivity index (χ2v) is 5.74. The van der Waals surface area contributed by atoms with E-state index in [1.165, 1.54) is 32.0 Å². The van der Waals surface area contributed by atoms with E-state index in [1.54, 1.807) is 25.2 Å². The highest BCUT2D eigenvalue weighted by Crippen LogP contribution is 2.19. The minimum Gasteiger partial charge on any atom is -0.434 e. The zero-order chi connectivity index (χ0) is 17.2. The number of guanidine groups is 1. The van der Waals surface area contributed by atoms with E-state index in [2.05, 4.69) is 25.3 Å². The van der Waals surface area contributed by atoms with Crippen molar-refractivity contribution in [3.63, 3.8) is 0 Å². The Morgan fingerprint density at radius 2 is 1.96 bits per heavy atom. The molecule has 8 heteroatoms. The Hall–Kier alpha value is -1.16. The molecule has 1 aliphatic heterocycles. The zero-order valence-electron chi connectivity index (χ0n) is 14.5. The van der Waals surface area contributed by atoms with Crippen molar-refractivity contribution >= 4 is 29.9 Å². The number of hydrogen-bond acceptors (Lipinski definition) is 3. The number of para-hydroxylation sites is 1. The quantitative estimate of drug-likeness (QED) is 0.267. The number of likely N-dealkylation sites (tertiary alicyclic amines) is 1. The molecule has 142 valence electrons. The molecule has 0 aromatic heterocycles. The lowest BCUT2D eigenvalue weighted by molar-refractivity contribution is -0.0504. The van der Waals surface area contributed by atoms with Crippen molar-refractivity contribution in [2.75, 3.05) is 33.2 Å². The molecular formula is C17H27F2IN4O. The van der Waals surface area contributed by atoms with Crippen LogP contribution in [0.15, 0.2) is 29.3 Å². The van der Waals surface area contributed by atoms with Crippen molar-refractivity contribution in [2.45, 2.75) is 32.4 Å². The molecule has 5 nitrogen and oxygen atoms in total. The van der Waals surface area contributed by atoms with Crippen LogP contribution in [0.1, 0.15) is 24.8 Å². The molecule has 0 bridgehead atoms. The van der Waals surface area contributed by atoms with E-state index in [-0.39, 0.29) is 29.7 Å². The highest BCUT2D eigenvalue weighted by atomic mass is 127. The molecule has 0 unspecified atom stereocenters. The maximum Gasteiger partial charge on any atom is 0.387 e. The molecule has 2 rings (SSSR count). The number of rotatable bonds is 8. The molecule has 1 aromatic carbocycles. The minimum absolute atomic E-state index is 0. The monoisotopic (exact) mass is 468 g/mol. The molecule has 1 aliphatic rings.